The highest BCUT2D eigenvalue weighted by molar-refractivity contribution is 5.69. The van der Waals surface area contributed by atoms with Gasteiger partial charge in [0.05, 0.1) is 6.04 Å². The van der Waals surface area contributed by atoms with Crippen LogP contribution in [0.25, 0.3) is 6.08 Å². The van der Waals surface area contributed by atoms with Crippen LogP contribution in [0.2, 0.25) is 0 Å². The zero-order valence-electron chi connectivity index (χ0n) is 12.4. The van der Waals surface area contributed by atoms with E-state index >= 15 is 0 Å². The van der Waals surface area contributed by atoms with E-state index < -0.39 is 5.60 Å². The number of nitrogens with zero attached hydrogens (tertiary/aromatic N) is 2. The van der Waals surface area contributed by atoms with Crippen molar-refractivity contribution in [3.63, 3.8) is 0 Å². The molecule has 0 spiro atoms. The molecule has 0 aliphatic carbocycles. The molecule has 1 aliphatic heterocycles. The van der Waals surface area contributed by atoms with Gasteiger partial charge in [-0.3, -0.25) is 4.98 Å². The van der Waals surface area contributed by atoms with Crippen LogP contribution in [0.4, 0.5) is 4.79 Å². The van der Waals surface area contributed by atoms with Crippen LogP contribution in [0.15, 0.2) is 30.6 Å². The van der Waals surface area contributed by atoms with Gasteiger partial charge < -0.3 is 9.64 Å². The molecular weight excluding hydrogens is 252 g/mol. The fourth-order valence-corrected chi connectivity index (χ4v) is 2.24. The van der Waals surface area contributed by atoms with Gasteiger partial charge in [0.25, 0.3) is 0 Å². The molecule has 2 rings (SSSR count). The summed E-state index contributed by atoms with van der Waals surface area (Å²) >= 11 is 0. The van der Waals surface area contributed by atoms with E-state index in [0.29, 0.717) is 0 Å². The lowest BCUT2D eigenvalue weighted by Crippen LogP contribution is -2.39. The third kappa shape index (κ3) is 4.08. The lowest BCUT2D eigenvalue weighted by molar-refractivity contribution is 0.0256. The molecule has 20 heavy (non-hydrogen) atoms. The number of rotatable bonds is 2. The van der Waals surface area contributed by atoms with Crippen molar-refractivity contribution in [3.05, 3.63) is 36.2 Å². The second-order valence-corrected chi connectivity index (χ2v) is 6.02. The molecule has 4 nitrogen and oxygen atoms in total. The molecule has 4 heteroatoms. The summed E-state index contributed by atoms with van der Waals surface area (Å²) in [6.45, 7) is 6.44. The average Bonchev–Trinajstić information content (AvgIpc) is 2.84. The maximum atomic E-state index is 12.1. The summed E-state index contributed by atoms with van der Waals surface area (Å²) < 4.78 is 5.45. The number of pyridine rings is 1. The number of carbonyl (C=O) groups is 1. The van der Waals surface area contributed by atoms with Gasteiger partial charge in [-0.2, -0.15) is 0 Å². The SMILES string of the molecule is CC(C)(C)OC(=O)N1CCC[C@H]1/C=C/c1ccncc1. The Kier molecular flexibility index (Phi) is 4.42. The third-order valence-electron chi connectivity index (χ3n) is 3.14. The van der Waals surface area contributed by atoms with Gasteiger partial charge in [0.15, 0.2) is 0 Å². The molecule has 1 amide bonds. The summed E-state index contributed by atoms with van der Waals surface area (Å²) in [5.74, 6) is 0. The molecule has 0 N–H and O–H groups in total. The molecule has 1 saturated heterocycles. The zero-order chi connectivity index (χ0) is 14.6. The molecule has 0 radical (unpaired) electrons. The molecule has 2 heterocycles. The van der Waals surface area contributed by atoms with Crippen LogP contribution in [0, 0.1) is 0 Å². The molecule has 108 valence electrons. The van der Waals surface area contributed by atoms with Crippen molar-refractivity contribution in [2.45, 2.75) is 45.3 Å². The van der Waals surface area contributed by atoms with Crippen LogP contribution in [-0.4, -0.2) is 34.2 Å². The monoisotopic (exact) mass is 274 g/mol. The minimum absolute atomic E-state index is 0.123. The van der Waals surface area contributed by atoms with Crippen LogP contribution >= 0.6 is 0 Å². The van der Waals surface area contributed by atoms with Crippen molar-refractivity contribution in [1.29, 1.82) is 0 Å². The molecule has 0 aromatic carbocycles. The Bertz CT molecular complexity index is 477. The molecule has 1 aliphatic rings. The number of aromatic nitrogens is 1. The van der Waals surface area contributed by atoms with Gasteiger partial charge in [-0.15, -0.1) is 0 Å². The summed E-state index contributed by atoms with van der Waals surface area (Å²) in [7, 11) is 0. The molecule has 1 fully saturated rings. The molecule has 0 saturated carbocycles. The Morgan fingerprint density at radius 1 is 1.40 bits per heavy atom. The predicted octanol–water partition coefficient (Wildman–Crippen LogP) is 3.49. The van der Waals surface area contributed by atoms with Gasteiger partial charge >= 0.3 is 6.09 Å². The van der Waals surface area contributed by atoms with Gasteiger partial charge in [0, 0.05) is 18.9 Å². The summed E-state index contributed by atoms with van der Waals surface area (Å²) in [4.78, 5) is 17.9. The topological polar surface area (TPSA) is 42.4 Å². The lowest BCUT2D eigenvalue weighted by atomic mass is 10.1. The minimum Gasteiger partial charge on any atom is -0.444 e. The smallest absolute Gasteiger partial charge is 0.410 e. The van der Waals surface area contributed by atoms with Crippen molar-refractivity contribution >= 4 is 12.2 Å². The van der Waals surface area contributed by atoms with E-state index in [1.165, 1.54) is 0 Å². The molecular formula is C16H22N2O2. The summed E-state index contributed by atoms with van der Waals surface area (Å²) in [5, 5.41) is 0. The zero-order valence-corrected chi connectivity index (χ0v) is 12.4. The third-order valence-corrected chi connectivity index (χ3v) is 3.14. The maximum Gasteiger partial charge on any atom is 0.410 e. The van der Waals surface area contributed by atoms with Crippen molar-refractivity contribution < 1.29 is 9.53 Å². The first kappa shape index (κ1) is 14.6. The van der Waals surface area contributed by atoms with Crippen molar-refractivity contribution in [2.75, 3.05) is 6.54 Å². The van der Waals surface area contributed by atoms with E-state index in [-0.39, 0.29) is 12.1 Å². The Morgan fingerprint density at radius 3 is 2.75 bits per heavy atom. The highest BCUT2D eigenvalue weighted by Gasteiger charge is 2.30. The van der Waals surface area contributed by atoms with E-state index in [1.807, 2.05) is 43.9 Å². The van der Waals surface area contributed by atoms with Crippen LogP contribution in [0.1, 0.15) is 39.2 Å². The molecule has 0 bridgehead atoms. The first-order chi connectivity index (χ1) is 9.46. The van der Waals surface area contributed by atoms with Gasteiger partial charge in [-0.1, -0.05) is 12.2 Å². The Hall–Kier alpha value is -1.84. The van der Waals surface area contributed by atoms with Gasteiger partial charge in [0.1, 0.15) is 5.60 Å². The average molecular weight is 274 g/mol. The van der Waals surface area contributed by atoms with Crippen molar-refractivity contribution in [2.24, 2.45) is 0 Å². The predicted molar refractivity (Wildman–Crippen MR) is 79.2 cm³/mol. The van der Waals surface area contributed by atoms with Gasteiger partial charge in [-0.05, 0) is 51.3 Å². The van der Waals surface area contributed by atoms with Crippen LogP contribution in [-0.2, 0) is 4.74 Å². The first-order valence-electron chi connectivity index (χ1n) is 7.03. The van der Waals surface area contributed by atoms with E-state index in [2.05, 4.69) is 11.1 Å². The van der Waals surface area contributed by atoms with Crippen LogP contribution in [0.3, 0.4) is 0 Å². The summed E-state index contributed by atoms with van der Waals surface area (Å²) in [6, 6.07) is 4.02. The largest absolute Gasteiger partial charge is 0.444 e. The van der Waals surface area contributed by atoms with E-state index in [9.17, 15) is 4.79 Å². The van der Waals surface area contributed by atoms with Crippen LogP contribution in [0.5, 0.6) is 0 Å². The van der Waals surface area contributed by atoms with E-state index in [4.69, 9.17) is 4.74 Å². The normalized spacial score (nSPS) is 19.6. The Labute approximate surface area is 120 Å². The summed E-state index contributed by atoms with van der Waals surface area (Å²) in [5.41, 5.74) is 0.648. The number of amides is 1. The number of likely N-dealkylation sites (tertiary alicyclic amines) is 1. The molecule has 1 aromatic rings. The number of carbonyl (C=O) groups excluding carboxylic acids is 1. The highest BCUT2D eigenvalue weighted by Crippen LogP contribution is 2.22. The number of hydrogen-bond acceptors (Lipinski definition) is 3. The first-order valence-corrected chi connectivity index (χ1v) is 7.03. The molecule has 1 aromatic heterocycles. The highest BCUT2D eigenvalue weighted by atomic mass is 16.6. The molecule has 0 unspecified atom stereocenters. The maximum absolute atomic E-state index is 12.1. The van der Waals surface area contributed by atoms with Gasteiger partial charge in [0.2, 0.25) is 0 Å². The van der Waals surface area contributed by atoms with Crippen LogP contribution < -0.4 is 0 Å². The second-order valence-electron chi connectivity index (χ2n) is 6.02. The summed E-state index contributed by atoms with van der Waals surface area (Å²) in [6.07, 6.45) is 9.42. The number of ether oxygens (including phenoxy) is 1. The fourth-order valence-electron chi connectivity index (χ4n) is 2.24. The Balaban J connectivity index is 2.01. The quantitative estimate of drug-likeness (QED) is 0.829. The van der Waals surface area contributed by atoms with Crippen molar-refractivity contribution in [3.8, 4) is 0 Å². The van der Waals surface area contributed by atoms with Gasteiger partial charge in [-0.25, -0.2) is 4.79 Å². The van der Waals surface area contributed by atoms with Crippen molar-refractivity contribution in [1.82, 2.24) is 9.88 Å². The fraction of sp³-hybridized carbons (Fsp3) is 0.500. The van der Waals surface area contributed by atoms with E-state index in [0.717, 1.165) is 24.9 Å². The minimum atomic E-state index is -0.445. The second kappa shape index (κ2) is 6.07. The molecule has 1 atom stereocenters. The Morgan fingerprint density at radius 2 is 2.10 bits per heavy atom. The number of hydrogen-bond donors (Lipinski definition) is 0. The lowest BCUT2D eigenvalue weighted by Gasteiger charge is -2.27. The standard InChI is InChI=1S/C16H22N2O2/c1-16(2,3)20-15(19)18-12-4-5-14(18)7-6-13-8-10-17-11-9-13/h6-11,14H,4-5,12H2,1-3H3/b7-6+/t14-/m0/s1. The van der Waals surface area contributed by atoms with E-state index in [1.54, 1.807) is 12.4 Å².